The van der Waals surface area contributed by atoms with E-state index in [1.165, 1.54) is 5.56 Å². The molecule has 3 N–H and O–H groups in total. The van der Waals surface area contributed by atoms with Crippen molar-refractivity contribution in [2.45, 2.75) is 44.8 Å². The quantitative estimate of drug-likeness (QED) is 0.701. The Morgan fingerprint density at radius 2 is 2.14 bits per heavy atom. The maximum Gasteiger partial charge on any atom is 0.315 e. The van der Waals surface area contributed by atoms with Crippen LogP contribution >= 0.6 is 0 Å². The lowest BCUT2D eigenvalue weighted by molar-refractivity contribution is 0.130. The predicted octanol–water partition coefficient (Wildman–Crippen LogP) is 1.72. The third-order valence-corrected chi connectivity index (χ3v) is 4.20. The van der Waals surface area contributed by atoms with Gasteiger partial charge in [0.05, 0.1) is 0 Å². The Bertz CT molecular complexity index is 452. The van der Waals surface area contributed by atoms with Gasteiger partial charge in [-0.25, -0.2) is 4.79 Å². The fourth-order valence-corrected chi connectivity index (χ4v) is 2.92. The second-order valence-corrected chi connectivity index (χ2v) is 6.00. The minimum Gasteiger partial charge on any atom is -0.396 e. The Labute approximate surface area is 132 Å². The molecular weight excluding hydrogens is 278 g/mol. The highest BCUT2D eigenvalue weighted by Gasteiger charge is 2.26. The average molecular weight is 305 g/mol. The largest absolute Gasteiger partial charge is 0.396 e. The zero-order chi connectivity index (χ0) is 15.8. The fourth-order valence-electron chi connectivity index (χ4n) is 2.92. The lowest BCUT2D eigenvalue weighted by Crippen LogP contribution is -2.50. The highest BCUT2D eigenvalue weighted by molar-refractivity contribution is 5.74. The molecule has 1 aliphatic heterocycles. The third-order valence-electron chi connectivity index (χ3n) is 4.20. The molecule has 0 saturated carbocycles. The number of nitrogens with zero attached hydrogens (tertiary/aromatic N) is 1. The molecule has 2 rings (SSSR count). The Morgan fingerprint density at radius 3 is 2.82 bits per heavy atom. The molecule has 1 saturated heterocycles. The van der Waals surface area contributed by atoms with Gasteiger partial charge in [-0.3, -0.25) is 4.90 Å². The molecule has 5 heteroatoms. The minimum atomic E-state index is -0.123. The van der Waals surface area contributed by atoms with Crippen LogP contribution in [0.1, 0.15) is 31.7 Å². The van der Waals surface area contributed by atoms with Crippen molar-refractivity contribution in [3.63, 3.8) is 0 Å². The number of urea groups is 1. The van der Waals surface area contributed by atoms with E-state index in [2.05, 4.69) is 46.7 Å². The minimum absolute atomic E-state index is 0.106. The van der Waals surface area contributed by atoms with Crippen LogP contribution in [0, 0.1) is 0 Å². The smallest absolute Gasteiger partial charge is 0.315 e. The van der Waals surface area contributed by atoms with Gasteiger partial charge in [-0.15, -0.1) is 0 Å². The van der Waals surface area contributed by atoms with Gasteiger partial charge in [0.2, 0.25) is 0 Å². The summed E-state index contributed by atoms with van der Waals surface area (Å²) in [6.45, 7) is 4.81. The lowest BCUT2D eigenvalue weighted by atomic mass is 9.97. The number of piperidine rings is 1. The normalized spacial score (nSPS) is 22.3. The van der Waals surface area contributed by atoms with E-state index in [1.54, 1.807) is 0 Å². The second kappa shape index (κ2) is 8.76. The molecule has 0 bridgehead atoms. The number of aliphatic hydroxyl groups excluding tert-OH is 1. The van der Waals surface area contributed by atoms with E-state index in [9.17, 15) is 4.79 Å². The Morgan fingerprint density at radius 1 is 1.36 bits per heavy atom. The summed E-state index contributed by atoms with van der Waals surface area (Å²) >= 11 is 0. The molecule has 1 aromatic carbocycles. The van der Waals surface area contributed by atoms with Gasteiger partial charge in [0.15, 0.2) is 0 Å². The van der Waals surface area contributed by atoms with Crippen LogP contribution in [0.4, 0.5) is 4.79 Å². The van der Waals surface area contributed by atoms with Crippen LogP contribution in [0.5, 0.6) is 0 Å². The van der Waals surface area contributed by atoms with Crippen LogP contribution < -0.4 is 10.6 Å². The molecule has 1 aliphatic rings. The van der Waals surface area contributed by atoms with E-state index < -0.39 is 0 Å². The number of carbonyl (C=O) groups is 1. The van der Waals surface area contributed by atoms with Crippen LogP contribution in [0.3, 0.4) is 0 Å². The van der Waals surface area contributed by atoms with Gasteiger partial charge in [-0.2, -0.15) is 0 Å². The molecule has 2 amide bonds. The number of aliphatic hydroxyl groups is 1. The summed E-state index contributed by atoms with van der Waals surface area (Å²) in [5.41, 5.74) is 1.34. The van der Waals surface area contributed by atoms with Crippen LogP contribution in [-0.4, -0.2) is 47.8 Å². The van der Waals surface area contributed by atoms with Gasteiger partial charge in [0.25, 0.3) is 0 Å². The number of hydrogen-bond donors (Lipinski definition) is 3. The van der Waals surface area contributed by atoms with Crippen molar-refractivity contribution in [2.24, 2.45) is 0 Å². The molecule has 1 aromatic rings. The molecule has 5 nitrogen and oxygen atoms in total. The van der Waals surface area contributed by atoms with E-state index in [-0.39, 0.29) is 18.7 Å². The van der Waals surface area contributed by atoms with Gasteiger partial charge >= 0.3 is 6.03 Å². The van der Waals surface area contributed by atoms with Gasteiger partial charge in [0, 0.05) is 38.3 Å². The molecule has 0 spiro atoms. The standard InChI is InChI=1S/C17H27N3O2/c1-14-12-16(19-17(22)18-9-5-11-21)8-10-20(14)13-15-6-3-2-4-7-15/h2-4,6-7,14,16,21H,5,8-13H2,1H3,(H2,18,19,22). The molecule has 2 unspecified atom stereocenters. The predicted molar refractivity (Wildman–Crippen MR) is 87.6 cm³/mol. The summed E-state index contributed by atoms with van der Waals surface area (Å²) < 4.78 is 0. The summed E-state index contributed by atoms with van der Waals surface area (Å²) in [7, 11) is 0. The van der Waals surface area contributed by atoms with Crippen molar-refractivity contribution in [3.05, 3.63) is 35.9 Å². The summed E-state index contributed by atoms with van der Waals surface area (Å²) in [4.78, 5) is 14.2. The highest BCUT2D eigenvalue weighted by atomic mass is 16.3. The summed E-state index contributed by atoms with van der Waals surface area (Å²) in [5, 5.41) is 14.5. The van der Waals surface area contributed by atoms with E-state index in [0.29, 0.717) is 19.0 Å². The molecule has 1 fully saturated rings. The maximum absolute atomic E-state index is 11.7. The number of rotatable bonds is 6. The van der Waals surface area contributed by atoms with Crippen molar-refractivity contribution >= 4 is 6.03 Å². The number of amides is 2. The Balaban J connectivity index is 1.74. The van der Waals surface area contributed by atoms with Crippen molar-refractivity contribution in [1.29, 1.82) is 0 Å². The van der Waals surface area contributed by atoms with Gasteiger partial charge in [-0.1, -0.05) is 30.3 Å². The molecule has 2 atom stereocenters. The van der Waals surface area contributed by atoms with E-state index in [0.717, 1.165) is 25.9 Å². The van der Waals surface area contributed by atoms with Gasteiger partial charge in [-0.05, 0) is 31.7 Å². The Hall–Kier alpha value is -1.59. The summed E-state index contributed by atoms with van der Waals surface area (Å²) in [5.74, 6) is 0. The van der Waals surface area contributed by atoms with Crippen LogP contribution in [-0.2, 0) is 6.54 Å². The monoisotopic (exact) mass is 305 g/mol. The number of hydrogen-bond acceptors (Lipinski definition) is 3. The first-order valence-corrected chi connectivity index (χ1v) is 8.12. The third kappa shape index (κ3) is 5.31. The van der Waals surface area contributed by atoms with Crippen molar-refractivity contribution in [3.8, 4) is 0 Å². The first kappa shape index (κ1) is 16.8. The molecule has 1 heterocycles. The van der Waals surface area contributed by atoms with E-state index >= 15 is 0 Å². The van der Waals surface area contributed by atoms with Crippen molar-refractivity contribution in [2.75, 3.05) is 19.7 Å². The van der Waals surface area contributed by atoms with E-state index in [4.69, 9.17) is 5.11 Å². The summed E-state index contributed by atoms with van der Waals surface area (Å²) in [6, 6.07) is 11.1. The first-order valence-electron chi connectivity index (χ1n) is 8.12. The zero-order valence-corrected chi connectivity index (χ0v) is 13.3. The number of benzene rings is 1. The van der Waals surface area contributed by atoms with Gasteiger partial charge < -0.3 is 15.7 Å². The summed E-state index contributed by atoms with van der Waals surface area (Å²) in [6.07, 6.45) is 2.55. The second-order valence-electron chi connectivity index (χ2n) is 6.00. The molecule has 0 aliphatic carbocycles. The maximum atomic E-state index is 11.7. The number of carbonyl (C=O) groups excluding carboxylic acids is 1. The SMILES string of the molecule is CC1CC(NC(=O)NCCCO)CCN1Cc1ccccc1. The zero-order valence-electron chi connectivity index (χ0n) is 13.3. The van der Waals surface area contributed by atoms with Crippen molar-refractivity contribution in [1.82, 2.24) is 15.5 Å². The van der Waals surface area contributed by atoms with E-state index in [1.807, 2.05) is 6.07 Å². The lowest BCUT2D eigenvalue weighted by Gasteiger charge is -2.38. The molecule has 0 aromatic heterocycles. The molecule has 22 heavy (non-hydrogen) atoms. The van der Waals surface area contributed by atoms with Crippen LogP contribution in [0.15, 0.2) is 30.3 Å². The van der Waals surface area contributed by atoms with Gasteiger partial charge in [0.1, 0.15) is 0 Å². The van der Waals surface area contributed by atoms with Crippen LogP contribution in [0.2, 0.25) is 0 Å². The molecule has 0 radical (unpaired) electrons. The first-order chi connectivity index (χ1) is 10.7. The average Bonchev–Trinajstić information content (AvgIpc) is 2.51. The van der Waals surface area contributed by atoms with Crippen LogP contribution in [0.25, 0.3) is 0 Å². The number of nitrogens with one attached hydrogen (secondary N) is 2. The fraction of sp³-hybridized carbons (Fsp3) is 0.588. The Kier molecular flexibility index (Phi) is 6.68. The highest BCUT2D eigenvalue weighted by Crippen LogP contribution is 2.19. The van der Waals surface area contributed by atoms with Crippen molar-refractivity contribution < 1.29 is 9.90 Å². The topological polar surface area (TPSA) is 64.6 Å². The molecule has 122 valence electrons. The number of likely N-dealkylation sites (tertiary alicyclic amines) is 1. The molecular formula is C17H27N3O2.